The highest BCUT2D eigenvalue weighted by atomic mass is 32.1. The lowest BCUT2D eigenvalue weighted by molar-refractivity contribution is -0.168. The smallest absolute Gasteiger partial charge is 0.329 e. The Bertz CT molecular complexity index is 2200. The SMILES string of the molecule is C#Cc1c(F)ccc2cc(OCOC)cc(Oc3nc4c(N5C[C@@H]6C(F)CC(C(=O)OC(C)(C)C)(C5)N6C)nc(OC[C@@]56CCCN5C[C@H](F)C6)nc4s3)c12. The van der Waals surface area contributed by atoms with Crippen molar-refractivity contribution in [1.82, 2.24) is 24.8 Å². The summed E-state index contributed by atoms with van der Waals surface area (Å²) in [6, 6.07) is 5.52. The normalized spacial score (nSPS) is 26.7. The number of fused-ring (bicyclic) bond motifs is 5. The summed E-state index contributed by atoms with van der Waals surface area (Å²) in [4.78, 5) is 34.4. The number of carbonyl (C=O) groups excluding carboxylic acids is 1. The van der Waals surface area contributed by atoms with Gasteiger partial charge in [-0.2, -0.15) is 15.0 Å². The molecule has 16 heteroatoms. The Hall–Kier alpha value is -4.43. The third kappa shape index (κ3) is 6.68. The molecule has 5 atom stereocenters. The van der Waals surface area contributed by atoms with Gasteiger partial charge in [-0.3, -0.25) is 9.80 Å². The number of methoxy groups -OCH3 is 1. The standard InChI is InChI=1S/C39H43F3N6O6S/c1-7-25-26(41)10-9-22-13-24(52-21-50-6)14-29(30(22)25)53-36-43-31-32(47-18-28-27(42)16-39(19-47,46(28)5)34(49)54-37(2,3)4)44-35(45-33(31)55-36)51-20-38-11-8-12-48(38)17-23(40)15-38/h1,9-10,13-14,23,27-28H,8,11-12,15-21H2,2-6H3/t23-,27?,28-,38+,39?/m1/s1. The average molecular weight is 781 g/mol. The highest BCUT2D eigenvalue weighted by Crippen LogP contribution is 2.46. The summed E-state index contributed by atoms with van der Waals surface area (Å²) in [7, 11) is 3.24. The van der Waals surface area contributed by atoms with Gasteiger partial charge in [0.25, 0.3) is 5.19 Å². The van der Waals surface area contributed by atoms with Crippen LogP contribution in [0.15, 0.2) is 24.3 Å². The highest BCUT2D eigenvalue weighted by Gasteiger charge is 2.61. The number of hydrogen-bond acceptors (Lipinski definition) is 13. The zero-order valence-electron chi connectivity index (χ0n) is 31.4. The number of likely N-dealkylation sites (N-methyl/N-ethyl adjacent to an activating group) is 1. The van der Waals surface area contributed by atoms with Gasteiger partial charge in [-0.15, -0.1) is 6.42 Å². The Kier molecular flexibility index (Phi) is 9.51. The van der Waals surface area contributed by atoms with Crippen molar-refractivity contribution in [2.24, 2.45) is 0 Å². The van der Waals surface area contributed by atoms with Crippen LogP contribution >= 0.6 is 11.3 Å². The topological polar surface area (TPSA) is 112 Å². The fourth-order valence-corrected chi connectivity index (χ4v) is 9.45. The molecule has 55 heavy (non-hydrogen) atoms. The molecule has 0 spiro atoms. The van der Waals surface area contributed by atoms with E-state index in [2.05, 4.69) is 10.8 Å². The molecule has 2 aromatic carbocycles. The summed E-state index contributed by atoms with van der Waals surface area (Å²) in [5.41, 5.74) is -2.23. The number of aromatic nitrogens is 3. The van der Waals surface area contributed by atoms with Crippen molar-refractivity contribution in [2.75, 3.05) is 58.6 Å². The monoisotopic (exact) mass is 780 g/mol. The number of anilines is 1. The molecule has 0 radical (unpaired) electrons. The average Bonchev–Trinajstić information content (AvgIpc) is 3.83. The summed E-state index contributed by atoms with van der Waals surface area (Å²) in [5.74, 6) is 2.21. The first-order valence-corrected chi connectivity index (χ1v) is 19.1. The molecule has 2 unspecified atom stereocenters. The molecule has 4 saturated heterocycles. The molecule has 292 valence electrons. The number of nitrogens with zero attached hydrogens (tertiary/aromatic N) is 6. The van der Waals surface area contributed by atoms with E-state index in [1.165, 1.54) is 13.2 Å². The fourth-order valence-electron chi connectivity index (χ4n) is 8.66. The Labute approximate surface area is 320 Å². The van der Waals surface area contributed by atoms with E-state index in [9.17, 15) is 9.18 Å². The number of ether oxygens (including phenoxy) is 5. The number of esters is 1. The molecule has 6 heterocycles. The van der Waals surface area contributed by atoms with E-state index in [1.807, 2.05) is 4.90 Å². The van der Waals surface area contributed by atoms with Gasteiger partial charge in [0.1, 0.15) is 52.9 Å². The van der Waals surface area contributed by atoms with E-state index in [-0.39, 0.29) is 55.4 Å². The van der Waals surface area contributed by atoms with Crippen LogP contribution in [-0.2, 0) is 14.3 Å². The van der Waals surface area contributed by atoms with Crippen LogP contribution in [0.25, 0.3) is 21.1 Å². The van der Waals surface area contributed by atoms with Gasteiger partial charge in [-0.1, -0.05) is 23.3 Å². The van der Waals surface area contributed by atoms with Crippen molar-refractivity contribution < 1.29 is 41.7 Å². The molecule has 0 N–H and O–H groups in total. The summed E-state index contributed by atoms with van der Waals surface area (Å²) < 4.78 is 74.9. The lowest BCUT2D eigenvalue weighted by Crippen LogP contribution is -2.65. The molecule has 0 aliphatic carbocycles. The van der Waals surface area contributed by atoms with E-state index in [1.54, 1.807) is 50.9 Å². The van der Waals surface area contributed by atoms with Crippen molar-refractivity contribution in [3.05, 3.63) is 35.6 Å². The van der Waals surface area contributed by atoms with Crippen LogP contribution < -0.4 is 19.1 Å². The van der Waals surface area contributed by atoms with E-state index >= 15 is 8.78 Å². The molecular weight excluding hydrogens is 738 g/mol. The van der Waals surface area contributed by atoms with Gasteiger partial charge in [0.05, 0.1) is 17.1 Å². The van der Waals surface area contributed by atoms with Gasteiger partial charge >= 0.3 is 12.0 Å². The van der Waals surface area contributed by atoms with Crippen LogP contribution in [-0.4, -0.2) is 120 Å². The molecule has 0 saturated carbocycles. The van der Waals surface area contributed by atoms with Crippen molar-refractivity contribution in [3.63, 3.8) is 0 Å². The first-order chi connectivity index (χ1) is 26.2. The lowest BCUT2D eigenvalue weighted by Gasteiger charge is -2.46. The minimum absolute atomic E-state index is 0.00645. The van der Waals surface area contributed by atoms with E-state index < -0.39 is 46.9 Å². The van der Waals surface area contributed by atoms with E-state index in [0.717, 1.165) is 30.7 Å². The second-order valence-electron chi connectivity index (χ2n) is 15.9. The summed E-state index contributed by atoms with van der Waals surface area (Å²) >= 11 is 1.09. The number of benzene rings is 2. The molecule has 8 rings (SSSR count). The highest BCUT2D eigenvalue weighted by molar-refractivity contribution is 7.19. The Morgan fingerprint density at radius 2 is 1.95 bits per heavy atom. The minimum atomic E-state index is -1.31. The number of carbonyl (C=O) groups is 1. The van der Waals surface area contributed by atoms with Crippen molar-refractivity contribution >= 4 is 44.2 Å². The first-order valence-electron chi connectivity index (χ1n) is 18.3. The second-order valence-corrected chi connectivity index (χ2v) is 16.8. The molecule has 12 nitrogen and oxygen atoms in total. The molecular formula is C39H43F3N6O6S. The molecule has 2 bridgehead atoms. The summed E-state index contributed by atoms with van der Waals surface area (Å²) in [6.07, 6.45) is 5.56. The van der Waals surface area contributed by atoms with Crippen LogP contribution in [0.4, 0.5) is 19.0 Å². The summed E-state index contributed by atoms with van der Waals surface area (Å²) in [5, 5.41) is 1.03. The molecule has 4 aliphatic heterocycles. The van der Waals surface area contributed by atoms with Crippen LogP contribution in [0.5, 0.6) is 22.7 Å². The zero-order valence-corrected chi connectivity index (χ0v) is 32.2. The van der Waals surface area contributed by atoms with Crippen LogP contribution in [0.2, 0.25) is 0 Å². The maximum absolute atomic E-state index is 15.8. The van der Waals surface area contributed by atoms with Crippen molar-refractivity contribution in [1.29, 1.82) is 0 Å². The lowest BCUT2D eigenvalue weighted by atomic mass is 9.94. The van der Waals surface area contributed by atoms with Crippen LogP contribution in [0.1, 0.15) is 52.0 Å². The predicted octanol–water partition coefficient (Wildman–Crippen LogP) is 6.03. The maximum atomic E-state index is 15.8. The third-order valence-corrected chi connectivity index (χ3v) is 12.0. The Morgan fingerprint density at radius 1 is 1.13 bits per heavy atom. The van der Waals surface area contributed by atoms with Gasteiger partial charge in [0, 0.05) is 51.0 Å². The van der Waals surface area contributed by atoms with Gasteiger partial charge in [0.2, 0.25) is 0 Å². The number of halogens is 3. The van der Waals surface area contributed by atoms with Crippen LogP contribution in [0.3, 0.4) is 0 Å². The molecule has 4 aromatic rings. The van der Waals surface area contributed by atoms with Gasteiger partial charge < -0.3 is 28.6 Å². The van der Waals surface area contributed by atoms with Crippen molar-refractivity contribution in [2.45, 2.75) is 81.5 Å². The molecule has 0 amide bonds. The number of piperazine rings is 1. The predicted molar refractivity (Wildman–Crippen MR) is 200 cm³/mol. The Balaban J connectivity index is 1.21. The molecule has 4 fully saturated rings. The zero-order chi connectivity index (χ0) is 38.9. The van der Waals surface area contributed by atoms with Gasteiger partial charge in [-0.25, -0.2) is 18.0 Å². The third-order valence-electron chi connectivity index (χ3n) is 11.2. The number of rotatable bonds is 10. The number of thiazole rings is 1. The maximum Gasteiger partial charge on any atom is 0.329 e. The van der Waals surface area contributed by atoms with Gasteiger partial charge in [0.15, 0.2) is 17.4 Å². The first kappa shape index (κ1) is 37.5. The van der Waals surface area contributed by atoms with Gasteiger partial charge in [-0.05, 0) is 64.7 Å². The minimum Gasteiger partial charge on any atom is -0.467 e. The second kappa shape index (κ2) is 13.9. The van der Waals surface area contributed by atoms with Crippen molar-refractivity contribution in [3.8, 4) is 35.0 Å². The van der Waals surface area contributed by atoms with E-state index in [0.29, 0.717) is 45.7 Å². The quantitative estimate of drug-likeness (QED) is 0.106. The molecule has 2 aromatic heterocycles. The van der Waals surface area contributed by atoms with Crippen LogP contribution in [0, 0.1) is 18.2 Å². The number of hydrogen-bond donors (Lipinski definition) is 0. The number of terminal acetylenes is 1. The number of alkyl halides is 2. The molecule has 4 aliphatic rings. The summed E-state index contributed by atoms with van der Waals surface area (Å²) in [6.45, 7) is 6.88. The Morgan fingerprint density at radius 3 is 2.71 bits per heavy atom. The largest absolute Gasteiger partial charge is 0.467 e. The fraction of sp³-hybridized carbons (Fsp3) is 0.538. The van der Waals surface area contributed by atoms with E-state index in [4.69, 9.17) is 45.1 Å².